The van der Waals surface area contributed by atoms with Gasteiger partial charge >= 0.3 is 12.1 Å². The first kappa shape index (κ1) is 13.7. The van der Waals surface area contributed by atoms with Gasteiger partial charge in [0.25, 0.3) is 0 Å². The van der Waals surface area contributed by atoms with E-state index in [2.05, 4.69) is 5.32 Å². The molecule has 6 heteroatoms. The van der Waals surface area contributed by atoms with Gasteiger partial charge in [0, 0.05) is 6.54 Å². The number of alkyl carbamates (subject to hydrolysis) is 1. The highest BCUT2D eigenvalue weighted by Crippen LogP contribution is 2.42. The van der Waals surface area contributed by atoms with E-state index in [1.807, 2.05) is 0 Å². The average Bonchev–Trinajstić information content (AvgIpc) is 2.06. The maximum atomic E-state index is 12.8. The quantitative estimate of drug-likeness (QED) is 0.796. The monoisotopic (exact) mass is 247 g/mol. The summed E-state index contributed by atoms with van der Waals surface area (Å²) in [6.07, 6.45) is -1.89. The number of aliphatic carboxylic acids is 1. The number of halogens is 1. The second kappa shape index (κ2) is 4.50. The zero-order chi connectivity index (χ0) is 13.3. The van der Waals surface area contributed by atoms with Crippen LogP contribution >= 0.6 is 0 Å². The van der Waals surface area contributed by atoms with Crippen molar-refractivity contribution in [3.05, 3.63) is 0 Å². The van der Waals surface area contributed by atoms with Gasteiger partial charge in [-0.25, -0.2) is 9.18 Å². The van der Waals surface area contributed by atoms with E-state index in [9.17, 15) is 14.0 Å². The number of carboxylic acids is 1. The van der Waals surface area contributed by atoms with Crippen molar-refractivity contribution in [1.29, 1.82) is 0 Å². The number of hydrogen-bond acceptors (Lipinski definition) is 3. The molecule has 0 spiro atoms. The maximum Gasteiger partial charge on any atom is 0.407 e. The van der Waals surface area contributed by atoms with Crippen LogP contribution < -0.4 is 5.32 Å². The van der Waals surface area contributed by atoms with Crippen LogP contribution in [0.25, 0.3) is 0 Å². The molecule has 17 heavy (non-hydrogen) atoms. The molecular formula is C11H18FNO4. The fraction of sp³-hybridized carbons (Fsp3) is 0.818. The van der Waals surface area contributed by atoms with E-state index in [-0.39, 0.29) is 19.4 Å². The van der Waals surface area contributed by atoms with Crippen molar-refractivity contribution in [1.82, 2.24) is 5.32 Å². The maximum absolute atomic E-state index is 12.8. The standard InChI is InChI=1S/C11H18FNO4/c1-10(2,3)17-9(16)13-6-11(8(14)15)4-7(12)5-11/h7H,4-6H2,1-3H3,(H,13,16)(H,14,15). The third-order valence-corrected chi connectivity index (χ3v) is 2.65. The minimum absolute atomic E-state index is 0.0574. The number of carbonyl (C=O) groups excluding carboxylic acids is 1. The van der Waals surface area contributed by atoms with E-state index in [1.54, 1.807) is 20.8 Å². The number of amides is 1. The Hall–Kier alpha value is -1.33. The Morgan fingerprint density at radius 2 is 2.00 bits per heavy atom. The Morgan fingerprint density at radius 3 is 2.35 bits per heavy atom. The minimum Gasteiger partial charge on any atom is -0.481 e. The molecule has 0 aliphatic heterocycles. The van der Waals surface area contributed by atoms with Crippen LogP contribution in [0, 0.1) is 5.41 Å². The molecule has 1 amide bonds. The van der Waals surface area contributed by atoms with Crippen LogP contribution in [0.3, 0.4) is 0 Å². The van der Waals surface area contributed by atoms with Gasteiger partial charge in [-0.3, -0.25) is 4.79 Å². The Kier molecular flexibility index (Phi) is 3.64. The number of nitrogens with one attached hydrogen (secondary N) is 1. The molecule has 1 aliphatic carbocycles. The number of alkyl halides is 1. The fourth-order valence-electron chi connectivity index (χ4n) is 1.74. The van der Waals surface area contributed by atoms with Crippen LogP contribution in [0.4, 0.5) is 9.18 Å². The van der Waals surface area contributed by atoms with Gasteiger partial charge in [0.1, 0.15) is 11.8 Å². The van der Waals surface area contributed by atoms with Crippen LogP contribution in [-0.2, 0) is 9.53 Å². The first-order valence-electron chi connectivity index (χ1n) is 5.49. The summed E-state index contributed by atoms with van der Waals surface area (Å²) in [5, 5.41) is 11.4. The number of carbonyl (C=O) groups is 2. The van der Waals surface area contributed by atoms with E-state index in [1.165, 1.54) is 0 Å². The van der Waals surface area contributed by atoms with Gasteiger partial charge in [-0.2, -0.15) is 0 Å². The van der Waals surface area contributed by atoms with Crippen LogP contribution in [-0.4, -0.2) is 35.5 Å². The predicted molar refractivity (Wildman–Crippen MR) is 58.4 cm³/mol. The number of ether oxygens (including phenoxy) is 1. The summed E-state index contributed by atoms with van der Waals surface area (Å²) in [5.74, 6) is -1.08. The second-order valence-electron chi connectivity index (χ2n) is 5.45. The second-order valence-corrected chi connectivity index (χ2v) is 5.45. The van der Waals surface area contributed by atoms with Gasteiger partial charge in [0.2, 0.25) is 0 Å². The molecule has 0 aromatic rings. The SMILES string of the molecule is CC(C)(C)OC(=O)NCC1(C(=O)O)CC(F)C1. The Morgan fingerprint density at radius 1 is 1.47 bits per heavy atom. The van der Waals surface area contributed by atoms with Gasteiger partial charge < -0.3 is 15.2 Å². The molecule has 98 valence electrons. The molecule has 0 aromatic carbocycles. The van der Waals surface area contributed by atoms with Crippen molar-refractivity contribution < 1.29 is 23.8 Å². The summed E-state index contributed by atoms with van der Waals surface area (Å²) in [4.78, 5) is 22.3. The summed E-state index contributed by atoms with van der Waals surface area (Å²) < 4.78 is 17.7. The molecule has 5 nitrogen and oxygen atoms in total. The summed E-state index contributed by atoms with van der Waals surface area (Å²) in [6.45, 7) is 5.03. The molecule has 1 fully saturated rings. The summed E-state index contributed by atoms with van der Waals surface area (Å²) >= 11 is 0. The number of hydrogen-bond donors (Lipinski definition) is 2. The van der Waals surface area contributed by atoms with Crippen molar-refractivity contribution in [2.45, 2.75) is 45.4 Å². The van der Waals surface area contributed by atoms with Crippen molar-refractivity contribution in [2.75, 3.05) is 6.54 Å². The molecule has 0 atom stereocenters. The van der Waals surface area contributed by atoms with E-state index in [0.29, 0.717) is 0 Å². The molecule has 0 aromatic heterocycles. The molecule has 0 radical (unpaired) electrons. The normalized spacial score (nSPS) is 28.1. The number of rotatable bonds is 3. The molecule has 2 N–H and O–H groups in total. The van der Waals surface area contributed by atoms with Gasteiger partial charge in [0.15, 0.2) is 0 Å². The molecule has 0 unspecified atom stereocenters. The molecule has 1 rings (SSSR count). The average molecular weight is 247 g/mol. The lowest BCUT2D eigenvalue weighted by Gasteiger charge is -2.40. The summed E-state index contributed by atoms with van der Waals surface area (Å²) in [7, 11) is 0. The van der Waals surface area contributed by atoms with Crippen molar-refractivity contribution >= 4 is 12.1 Å². The van der Waals surface area contributed by atoms with E-state index >= 15 is 0 Å². The van der Waals surface area contributed by atoms with Crippen molar-refractivity contribution in [3.8, 4) is 0 Å². The molecule has 0 saturated heterocycles. The predicted octanol–water partition coefficient (Wildman–Crippen LogP) is 1.71. The van der Waals surface area contributed by atoms with Gasteiger partial charge in [-0.1, -0.05) is 0 Å². The Labute approximate surface area is 99.3 Å². The van der Waals surface area contributed by atoms with Gasteiger partial charge in [0.05, 0.1) is 5.41 Å². The highest BCUT2D eigenvalue weighted by molar-refractivity contribution is 5.77. The summed E-state index contributed by atoms with van der Waals surface area (Å²) in [6, 6.07) is 0. The summed E-state index contributed by atoms with van der Waals surface area (Å²) in [5.41, 5.74) is -1.81. The zero-order valence-corrected chi connectivity index (χ0v) is 10.2. The Balaban J connectivity index is 2.44. The van der Waals surface area contributed by atoms with Crippen LogP contribution in [0.1, 0.15) is 33.6 Å². The zero-order valence-electron chi connectivity index (χ0n) is 10.2. The highest BCUT2D eigenvalue weighted by atomic mass is 19.1. The first-order chi connectivity index (χ1) is 7.65. The first-order valence-corrected chi connectivity index (χ1v) is 5.49. The lowest BCUT2D eigenvalue weighted by atomic mass is 9.67. The van der Waals surface area contributed by atoms with Crippen LogP contribution in [0.15, 0.2) is 0 Å². The third-order valence-electron chi connectivity index (χ3n) is 2.65. The van der Waals surface area contributed by atoms with Gasteiger partial charge in [-0.15, -0.1) is 0 Å². The van der Waals surface area contributed by atoms with Crippen molar-refractivity contribution in [3.63, 3.8) is 0 Å². The molecule has 0 heterocycles. The van der Waals surface area contributed by atoms with Crippen molar-refractivity contribution in [2.24, 2.45) is 5.41 Å². The fourth-order valence-corrected chi connectivity index (χ4v) is 1.74. The van der Waals surface area contributed by atoms with E-state index in [0.717, 1.165) is 0 Å². The number of carboxylic acid groups (broad SMARTS) is 1. The van der Waals surface area contributed by atoms with Crippen LogP contribution in [0.5, 0.6) is 0 Å². The largest absolute Gasteiger partial charge is 0.481 e. The molecule has 1 saturated carbocycles. The molecule has 1 aliphatic rings. The third kappa shape index (κ3) is 3.57. The molecule has 0 bridgehead atoms. The lowest BCUT2D eigenvalue weighted by Crippen LogP contribution is -2.52. The Bertz CT molecular complexity index is 318. The topological polar surface area (TPSA) is 75.6 Å². The van der Waals surface area contributed by atoms with Gasteiger partial charge in [-0.05, 0) is 33.6 Å². The van der Waals surface area contributed by atoms with Crippen LogP contribution in [0.2, 0.25) is 0 Å². The van der Waals surface area contributed by atoms with E-state index in [4.69, 9.17) is 9.84 Å². The minimum atomic E-state index is -1.17. The highest BCUT2D eigenvalue weighted by Gasteiger charge is 2.51. The smallest absolute Gasteiger partial charge is 0.407 e. The van der Waals surface area contributed by atoms with E-state index < -0.39 is 29.3 Å². The lowest BCUT2D eigenvalue weighted by molar-refractivity contribution is -0.158. The molecular weight excluding hydrogens is 229 g/mol.